The van der Waals surface area contributed by atoms with Crippen LogP contribution in [-0.2, 0) is 28.2 Å². The molecule has 0 radical (unpaired) electrons. The van der Waals surface area contributed by atoms with Gasteiger partial charge in [-0.2, -0.15) is 0 Å². The Balaban J connectivity index is 3.81. The van der Waals surface area contributed by atoms with Crippen LogP contribution >= 0.6 is 7.82 Å². The number of esters is 2. The molecule has 0 aliphatic heterocycles. The summed E-state index contributed by atoms with van der Waals surface area (Å²) in [6.45, 7) is 3.71. The number of carbonyl (C=O) groups excluding carboxylic acids is 2. The van der Waals surface area contributed by atoms with Gasteiger partial charge in [-0.25, -0.2) is 4.57 Å². The summed E-state index contributed by atoms with van der Waals surface area (Å²) in [5.41, 5.74) is 0. The molecule has 0 saturated heterocycles. The molecule has 0 amide bonds. The third-order valence-corrected chi connectivity index (χ3v) is 10.8. The number of allylic oxidation sites excluding steroid dienone is 2. The number of unbranched alkanes of at least 4 members (excludes halogenated alkanes) is 31. The highest BCUT2D eigenvalue weighted by Gasteiger charge is 2.23. The standard InChI is InChI=1S/C45H87O8P/c1-3-5-7-9-11-13-15-17-19-20-21-22-23-24-26-27-29-31-33-35-37-39-44(46)51-41-43(42-52-54(48,49)50)53-45(47)40-38-36-34-32-30-28-25-18-16-14-12-10-8-6-4-2/h18,25,43H,3-17,19-24,26-42H2,1-2H3,(H2,48,49,50)/b25-18-/t43-/m1/s1. The number of hydrogen-bond acceptors (Lipinski definition) is 6. The van der Waals surface area contributed by atoms with E-state index < -0.39 is 32.5 Å². The van der Waals surface area contributed by atoms with E-state index in [1.54, 1.807) is 0 Å². The zero-order chi connectivity index (χ0) is 39.6. The fourth-order valence-electron chi connectivity index (χ4n) is 6.84. The number of phosphoric ester groups is 1. The molecule has 0 aromatic heterocycles. The van der Waals surface area contributed by atoms with E-state index in [0.717, 1.165) is 51.4 Å². The Morgan fingerprint density at radius 3 is 1.13 bits per heavy atom. The van der Waals surface area contributed by atoms with E-state index in [9.17, 15) is 14.2 Å². The van der Waals surface area contributed by atoms with Gasteiger partial charge >= 0.3 is 19.8 Å². The smallest absolute Gasteiger partial charge is 0.462 e. The first kappa shape index (κ1) is 52.8. The Morgan fingerprint density at radius 2 is 0.778 bits per heavy atom. The van der Waals surface area contributed by atoms with Crippen LogP contribution in [0.3, 0.4) is 0 Å². The molecule has 0 heterocycles. The maximum absolute atomic E-state index is 12.4. The lowest BCUT2D eigenvalue weighted by atomic mass is 10.0. The van der Waals surface area contributed by atoms with E-state index in [4.69, 9.17) is 19.3 Å². The molecule has 0 bridgehead atoms. The third kappa shape index (κ3) is 43.5. The SMILES string of the molecule is CCCCCCCC/C=C\CCCCCCCC(=O)O[C@H](COC(=O)CCCCCCCCCCCCCCCCCCCCCCC)COP(=O)(O)O. The van der Waals surface area contributed by atoms with Crippen molar-refractivity contribution < 1.29 is 37.9 Å². The average molecular weight is 787 g/mol. The van der Waals surface area contributed by atoms with E-state index >= 15 is 0 Å². The van der Waals surface area contributed by atoms with Gasteiger partial charge in [0, 0.05) is 12.8 Å². The van der Waals surface area contributed by atoms with Crippen LogP contribution in [0.4, 0.5) is 0 Å². The molecule has 0 spiro atoms. The topological polar surface area (TPSA) is 119 Å². The summed E-state index contributed by atoms with van der Waals surface area (Å²) in [5.74, 6) is -0.880. The highest BCUT2D eigenvalue weighted by atomic mass is 31.2. The minimum absolute atomic E-state index is 0.206. The Labute approximate surface area is 333 Å². The Morgan fingerprint density at radius 1 is 0.463 bits per heavy atom. The van der Waals surface area contributed by atoms with Crippen LogP contribution in [0.2, 0.25) is 0 Å². The quantitative estimate of drug-likeness (QED) is 0.0271. The van der Waals surface area contributed by atoms with Gasteiger partial charge < -0.3 is 19.3 Å². The number of ether oxygens (including phenoxy) is 2. The summed E-state index contributed by atoms with van der Waals surface area (Å²) < 4.78 is 26.4. The largest absolute Gasteiger partial charge is 0.469 e. The Bertz CT molecular complexity index is 889. The van der Waals surface area contributed by atoms with Gasteiger partial charge in [-0.1, -0.05) is 206 Å². The molecule has 0 saturated carbocycles. The van der Waals surface area contributed by atoms with Crippen molar-refractivity contribution in [3.8, 4) is 0 Å². The maximum Gasteiger partial charge on any atom is 0.469 e. The van der Waals surface area contributed by atoms with Crippen LogP contribution < -0.4 is 0 Å². The lowest BCUT2D eigenvalue weighted by Gasteiger charge is -2.18. The van der Waals surface area contributed by atoms with Gasteiger partial charge in [0.15, 0.2) is 6.10 Å². The van der Waals surface area contributed by atoms with Crippen molar-refractivity contribution in [3.05, 3.63) is 12.2 Å². The van der Waals surface area contributed by atoms with Crippen molar-refractivity contribution in [1.29, 1.82) is 0 Å². The summed E-state index contributed by atoms with van der Waals surface area (Å²) >= 11 is 0. The molecule has 0 unspecified atom stereocenters. The molecule has 0 aromatic rings. The van der Waals surface area contributed by atoms with Gasteiger partial charge in [-0.3, -0.25) is 14.1 Å². The average Bonchev–Trinajstić information content (AvgIpc) is 3.14. The number of rotatable bonds is 43. The minimum Gasteiger partial charge on any atom is -0.462 e. The van der Waals surface area contributed by atoms with Crippen molar-refractivity contribution in [2.45, 2.75) is 251 Å². The predicted octanol–water partition coefficient (Wildman–Crippen LogP) is 14.2. The van der Waals surface area contributed by atoms with Crippen molar-refractivity contribution >= 4 is 19.8 Å². The molecule has 2 N–H and O–H groups in total. The fourth-order valence-corrected chi connectivity index (χ4v) is 7.20. The van der Waals surface area contributed by atoms with Crippen LogP contribution in [0.25, 0.3) is 0 Å². The number of hydrogen-bond donors (Lipinski definition) is 2. The van der Waals surface area contributed by atoms with Crippen molar-refractivity contribution in [1.82, 2.24) is 0 Å². The van der Waals surface area contributed by atoms with Crippen LogP contribution in [0.15, 0.2) is 12.2 Å². The number of phosphoric acid groups is 1. The molecule has 0 rings (SSSR count). The summed E-state index contributed by atoms with van der Waals surface area (Å²) in [6, 6.07) is 0. The summed E-state index contributed by atoms with van der Waals surface area (Å²) in [5, 5.41) is 0. The maximum atomic E-state index is 12.4. The van der Waals surface area contributed by atoms with Gasteiger partial charge in [-0.05, 0) is 38.5 Å². The van der Waals surface area contributed by atoms with Crippen LogP contribution in [-0.4, -0.2) is 41.0 Å². The van der Waals surface area contributed by atoms with Crippen LogP contribution in [0.5, 0.6) is 0 Å². The van der Waals surface area contributed by atoms with Crippen molar-refractivity contribution in [2.75, 3.05) is 13.2 Å². The Hall–Kier alpha value is -1.21. The van der Waals surface area contributed by atoms with Gasteiger partial charge in [0.25, 0.3) is 0 Å². The lowest BCUT2D eigenvalue weighted by molar-refractivity contribution is -0.161. The molecular weight excluding hydrogens is 699 g/mol. The molecule has 54 heavy (non-hydrogen) atoms. The lowest BCUT2D eigenvalue weighted by Crippen LogP contribution is -2.29. The van der Waals surface area contributed by atoms with E-state index in [1.165, 1.54) is 161 Å². The number of carbonyl (C=O) groups is 2. The van der Waals surface area contributed by atoms with Crippen LogP contribution in [0.1, 0.15) is 245 Å². The molecule has 8 nitrogen and oxygen atoms in total. The normalized spacial score (nSPS) is 12.4. The molecule has 1 atom stereocenters. The zero-order valence-electron chi connectivity index (χ0n) is 35.4. The van der Waals surface area contributed by atoms with Gasteiger partial charge in [0.2, 0.25) is 0 Å². The third-order valence-electron chi connectivity index (χ3n) is 10.3. The summed E-state index contributed by atoms with van der Waals surface area (Å²) in [4.78, 5) is 42.9. The second kappa shape index (κ2) is 41.4. The molecule has 0 aliphatic rings. The van der Waals surface area contributed by atoms with E-state index in [0.29, 0.717) is 6.42 Å². The molecule has 0 aromatic carbocycles. The zero-order valence-corrected chi connectivity index (χ0v) is 36.3. The van der Waals surface area contributed by atoms with Gasteiger partial charge in [0.1, 0.15) is 6.61 Å². The summed E-state index contributed by atoms with van der Waals surface area (Å²) in [7, 11) is -4.75. The van der Waals surface area contributed by atoms with Crippen molar-refractivity contribution in [3.63, 3.8) is 0 Å². The fraction of sp³-hybridized carbons (Fsp3) is 0.911. The molecular formula is C45H87O8P. The van der Waals surface area contributed by atoms with E-state index in [2.05, 4.69) is 30.5 Å². The second-order valence-electron chi connectivity index (χ2n) is 15.7. The molecule has 9 heteroatoms. The highest BCUT2D eigenvalue weighted by Crippen LogP contribution is 2.36. The molecule has 0 fully saturated rings. The first-order chi connectivity index (χ1) is 26.3. The first-order valence-electron chi connectivity index (χ1n) is 23.0. The first-order valence-corrected chi connectivity index (χ1v) is 24.5. The van der Waals surface area contributed by atoms with Gasteiger partial charge in [-0.15, -0.1) is 0 Å². The van der Waals surface area contributed by atoms with Crippen LogP contribution in [0, 0.1) is 0 Å². The molecule has 0 aliphatic carbocycles. The minimum atomic E-state index is -4.75. The van der Waals surface area contributed by atoms with Crippen molar-refractivity contribution in [2.24, 2.45) is 0 Å². The van der Waals surface area contributed by atoms with E-state index in [-0.39, 0.29) is 19.4 Å². The Kier molecular flexibility index (Phi) is 40.5. The van der Waals surface area contributed by atoms with Gasteiger partial charge in [0.05, 0.1) is 6.61 Å². The predicted molar refractivity (Wildman–Crippen MR) is 226 cm³/mol. The monoisotopic (exact) mass is 787 g/mol. The highest BCUT2D eigenvalue weighted by molar-refractivity contribution is 7.46. The summed E-state index contributed by atoms with van der Waals surface area (Å²) in [6.07, 6.45) is 46.5. The second-order valence-corrected chi connectivity index (χ2v) is 17.0. The van der Waals surface area contributed by atoms with E-state index in [1.807, 2.05) is 0 Å². The molecule has 320 valence electrons.